The summed E-state index contributed by atoms with van der Waals surface area (Å²) >= 11 is 0. The van der Waals surface area contributed by atoms with Gasteiger partial charge in [-0.1, -0.05) is 19.3 Å². The van der Waals surface area contributed by atoms with Crippen LogP contribution in [0.3, 0.4) is 0 Å². The lowest BCUT2D eigenvalue weighted by Crippen LogP contribution is -2.18. The van der Waals surface area contributed by atoms with Gasteiger partial charge in [0.2, 0.25) is 5.88 Å². The molecule has 9 heteroatoms. The summed E-state index contributed by atoms with van der Waals surface area (Å²) in [6, 6.07) is 2.53. The summed E-state index contributed by atoms with van der Waals surface area (Å²) < 4.78 is 17.8. The summed E-state index contributed by atoms with van der Waals surface area (Å²) in [4.78, 5) is 9.75. The number of nitrogens with zero attached hydrogens (tertiary/aromatic N) is 7. The van der Waals surface area contributed by atoms with Gasteiger partial charge in [0.05, 0.1) is 42.9 Å². The maximum absolute atomic E-state index is 6.35. The van der Waals surface area contributed by atoms with Crippen molar-refractivity contribution in [2.75, 3.05) is 13.2 Å². The lowest BCUT2D eigenvalue weighted by atomic mass is 9.96. The molecule has 0 unspecified atom stereocenters. The highest BCUT2D eigenvalue weighted by Gasteiger charge is 2.23. The minimum absolute atomic E-state index is 0.00208. The molecule has 6 rings (SSSR count). The Bertz CT molecular complexity index is 1240. The van der Waals surface area contributed by atoms with Crippen LogP contribution in [0.2, 0.25) is 0 Å². The lowest BCUT2D eigenvalue weighted by Gasteiger charge is -2.21. The van der Waals surface area contributed by atoms with Crippen LogP contribution in [0.1, 0.15) is 56.0 Å². The minimum atomic E-state index is 0.00208. The maximum Gasteiger partial charge on any atom is 0.242 e. The highest BCUT2D eigenvalue weighted by atomic mass is 16.5. The third kappa shape index (κ3) is 4.13. The van der Waals surface area contributed by atoms with Crippen molar-refractivity contribution in [1.82, 2.24) is 34.1 Å². The zero-order valence-corrected chi connectivity index (χ0v) is 18.9. The second-order valence-electron chi connectivity index (χ2n) is 9.14. The average molecular weight is 448 g/mol. The highest BCUT2D eigenvalue weighted by molar-refractivity contribution is 5.82. The number of aromatic nitrogens is 7. The van der Waals surface area contributed by atoms with E-state index in [0.717, 1.165) is 41.1 Å². The van der Waals surface area contributed by atoms with E-state index >= 15 is 0 Å². The largest absolute Gasteiger partial charge is 0.470 e. The molecule has 1 atom stereocenters. The number of fused-ring (bicyclic) bond motifs is 1. The van der Waals surface area contributed by atoms with Crippen LogP contribution in [0.15, 0.2) is 37.1 Å². The molecule has 1 aliphatic heterocycles. The normalized spacial score (nSPS) is 19.5. The van der Waals surface area contributed by atoms with Crippen molar-refractivity contribution in [3.63, 3.8) is 0 Å². The Hall–Kier alpha value is -3.20. The SMILES string of the molecule is Cn1cc(-n2ccc3nc(Cc4cnn(C5CCCCC5)c4)nc(O[C@H]4CCOC4)c32)cn1. The van der Waals surface area contributed by atoms with Crippen molar-refractivity contribution in [2.45, 2.75) is 57.1 Å². The molecule has 172 valence electrons. The van der Waals surface area contributed by atoms with Crippen molar-refractivity contribution in [3.05, 3.63) is 48.4 Å². The smallest absolute Gasteiger partial charge is 0.242 e. The fourth-order valence-corrected chi connectivity index (χ4v) is 4.93. The molecule has 0 spiro atoms. The molecule has 1 saturated carbocycles. The number of hydrogen-bond acceptors (Lipinski definition) is 6. The van der Waals surface area contributed by atoms with Gasteiger partial charge in [-0.15, -0.1) is 0 Å². The summed E-state index contributed by atoms with van der Waals surface area (Å²) in [5, 5.41) is 8.96. The number of hydrogen-bond donors (Lipinski definition) is 0. The third-order valence-corrected chi connectivity index (χ3v) is 6.65. The van der Waals surface area contributed by atoms with E-state index in [1.807, 2.05) is 42.5 Å². The summed E-state index contributed by atoms with van der Waals surface area (Å²) in [6.45, 7) is 1.30. The van der Waals surface area contributed by atoms with Crippen LogP contribution < -0.4 is 4.74 Å². The van der Waals surface area contributed by atoms with Crippen LogP contribution in [-0.4, -0.2) is 53.4 Å². The van der Waals surface area contributed by atoms with E-state index in [1.165, 1.54) is 32.1 Å². The number of rotatable bonds is 6. The molecule has 1 aliphatic carbocycles. The average Bonchev–Trinajstić information content (AvgIpc) is 3.62. The standard InChI is InChI=1S/C24H29N7O2/c1-29-15-19(13-25-29)30-9-7-21-23(30)24(33-20-8-10-32-16-20)28-22(27-21)11-17-12-26-31(14-17)18-5-3-2-4-6-18/h7,9,12-15,18,20H,2-6,8,10-11,16H2,1H3/t20-/m0/s1. The van der Waals surface area contributed by atoms with Gasteiger partial charge in [-0.2, -0.15) is 15.2 Å². The zero-order valence-electron chi connectivity index (χ0n) is 18.9. The maximum atomic E-state index is 6.35. The predicted molar refractivity (Wildman–Crippen MR) is 123 cm³/mol. The molecule has 5 heterocycles. The molecule has 2 fully saturated rings. The summed E-state index contributed by atoms with van der Waals surface area (Å²) in [7, 11) is 1.91. The van der Waals surface area contributed by atoms with Crippen LogP contribution in [0.5, 0.6) is 5.88 Å². The molecule has 0 bridgehead atoms. The van der Waals surface area contributed by atoms with Crippen LogP contribution in [0.25, 0.3) is 16.7 Å². The topological polar surface area (TPSA) is 84.8 Å². The Kier molecular flexibility index (Phi) is 5.33. The highest BCUT2D eigenvalue weighted by Crippen LogP contribution is 2.30. The first-order chi connectivity index (χ1) is 16.2. The van der Waals surface area contributed by atoms with Crippen LogP contribution >= 0.6 is 0 Å². The number of ether oxygens (including phenoxy) is 2. The Balaban J connectivity index is 1.33. The molecule has 0 radical (unpaired) electrons. The predicted octanol–water partition coefficient (Wildman–Crippen LogP) is 3.61. The molecule has 9 nitrogen and oxygen atoms in total. The van der Waals surface area contributed by atoms with E-state index in [2.05, 4.69) is 21.1 Å². The molecule has 4 aromatic rings. The van der Waals surface area contributed by atoms with Crippen LogP contribution in [0, 0.1) is 0 Å². The van der Waals surface area contributed by atoms with Gasteiger partial charge in [0.25, 0.3) is 0 Å². The van der Waals surface area contributed by atoms with Gasteiger partial charge in [-0.25, -0.2) is 4.98 Å². The van der Waals surface area contributed by atoms with Gasteiger partial charge in [0, 0.05) is 38.5 Å². The Morgan fingerprint density at radius 2 is 1.97 bits per heavy atom. The molecule has 0 N–H and O–H groups in total. The van der Waals surface area contributed by atoms with Gasteiger partial charge in [-0.05, 0) is 24.5 Å². The Morgan fingerprint density at radius 1 is 1.06 bits per heavy atom. The fourth-order valence-electron chi connectivity index (χ4n) is 4.93. The molecule has 0 amide bonds. The molecule has 4 aromatic heterocycles. The van der Waals surface area contributed by atoms with Gasteiger partial charge >= 0.3 is 0 Å². The van der Waals surface area contributed by atoms with Crippen LogP contribution in [-0.2, 0) is 18.2 Å². The molecular weight excluding hydrogens is 418 g/mol. The monoisotopic (exact) mass is 447 g/mol. The van der Waals surface area contributed by atoms with Gasteiger partial charge < -0.3 is 14.0 Å². The molecule has 2 aliphatic rings. The van der Waals surface area contributed by atoms with E-state index in [4.69, 9.17) is 19.4 Å². The Morgan fingerprint density at radius 3 is 2.76 bits per heavy atom. The van der Waals surface area contributed by atoms with E-state index in [9.17, 15) is 0 Å². The first-order valence-corrected chi connectivity index (χ1v) is 11.9. The third-order valence-electron chi connectivity index (χ3n) is 6.65. The van der Waals surface area contributed by atoms with Gasteiger partial charge in [-0.3, -0.25) is 9.36 Å². The first-order valence-electron chi connectivity index (χ1n) is 11.9. The molecule has 0 aromatic carbocycles. The quantitative estimate of drug-likeness (QED) is 0.449. The van der Waals surface area contributed by atoms with Crippen molar-refractivity contribution in [2.24, 2.45) is 7.05 Å². The zero-order chi connectivity index (χ0) is 22.2. The second kappa shape index (κ2) is 8.62. The second-order valence-corrected chi connectivity index (χ2v) is 9.14. The first kappa shape index (κ1) is 20.4. The van der Waals surface area contributed by atoms with E-state index in [-0.39, 0.29) is 6.10 Å². The summed E-state index contributed by atoms with van der Waals surface area (Å²) in [5.41, 5.74) is 3.79. The van der Waals surface area contributed by atoms with Crippen molar-refractivity contribution in [1.29, 1.82) is 0 Å². The molecular formula is C24H29N7O2. The van der Waals surface area contributed by atoms with Crippen molar-refractivity contribution >= 4 is 11.0 Å². The Labute approximate surface area is 192 Å². The van der Waals surface area contributed by atoms with Crippen molar-refractivity contribution < 1.29 is 9.47 Å². The van der Waals surface area contributed by atoms with Crippen molar-refractivity contribution in [3.8, 4) is 11.6 Å². The lowest BCUT2D eigenvalue weighted by molar-refractivity contribution is 0.139. The fraction of sp³-hybridized carbons (Fsp3) is 0.500. The van der Waals surface area contributed by atoms with Gasteiger partial charge in [0.15, 0.2) is 0 Å². The minimum Gasteiger partial charge on any atom is -0.470 e. The summed E-state index contributed by atoms with van der Waals surface area (Å²) in [5.74, 6) is 1.34. The molecule has 1 saturated heterocycles. The van der Waals surface area contributed by atoms with Crippen LogP contribution in [0.4, 0.5) is 0 Å². The molecule has 33 heavy (non-hydrogen) atoms. The number of aryl methyl sites for hydroxylation is 1. The summed E-state index contributed by atoms with van der Waals surface area (Å²) in [6.07, 6.45) is 17.8. The van der Waals surface area contributed by atoms with E-state index < -0.39 is 0 Å². The van der Waals surface area contributed by atoms with E-state index in [0.29, 0.717) is 24.9 Å². The van der Waals surface area contributed by atoms with E-state index in [1.54, 1.807) is 4.68 Å². The van der Waals surface area contributed by atoms with Gasteiger partial charge in [0.1, 0.15) is 17.4 Å².